The summed E-state index contributed by atoms with van der Waals surface area (Å²) in [5, 5.41) is 0.408. The summed E-state index contributed by atoms with van der Waals surface area (Å²) in [6.07, 6.45) is 9.67. The molecule has 1 amide bonds. The minimum Gasteiger partial charge on any atom is -0.444 e. The molecule has 4 aromatic heterocycles. The van der Waals surface area contributed by atoms with Crippen molar-refractivity contribution in [1.82, 2.24) is 28.8 Å². The van der Waals surface area contributed by atoms with E-state index in [1.54, 1.807) is 40.5 Å². The van der Waals surface area contributed by atoms with E-state index in [0.29, 0.717) is 47.4 Å². The van der Waals surface area contributed by atoms with Crippen molar-refractivity contribution in [3.8, 4) is 11.4 Å². The molecule has 4 aromatic rings. The first kappa shape index (κ1) is 23.6. The lowest BCUT2D eigenvalue weighted by Gasteiger charge is -2.41. The Bertz CT molecular complexity index is 1610. The smallest absolute Gasteiger partial charge is 0.410 e. The molecule has 0 radical (unpaired) electrons. The zero-order valence-corrected chi connectivity index (χ0v) is 21.4. The van der Waals surface area contributed by atoms with Gasteiger partial charge in [0.1, 0.15) is 5.60 Å². The molecule has 1 aliphatic heterocycles. The first-order valence-electron chi connectivity index (χ1n) is 12.6. The number of nitrogens with zero attached hydrogens (tertiary/aromatic N) is 6. The predicted molar refractivity (Wildman–Crippen MR) is 136 cm³/mol. The van der Waals surface area contributed by atoms with E-state index in [-0.39, 0.29) is 28.9 Å². The van der Waals surface area contributed by atoms with Crippen LogP contribution in [-0.4, -0.2) is 52.6 Å². The van der Waals surface area contributed by atoms with E-state index in [4.69, 9.17) is 4.74 Å². The van der Waals surface area contributed by atoms with Crippen LogP contribution in [0, 0.1) is 12.7 Å². The highest BCUT2D eigenvalue weighted by atomic mass is 19.1. The molecular weight excluding hydrogens is 475 g/mol. The van der Waals surface area contributed by atoms with Gasteiger partial charge in [0, 0.05) is 48.5 Å². The van der Waals surface area contributed by atoms with Gasteiger partial charge in [0.05, 0.1) is 16.6 Å². The summed E-state index contributed by atoms with van der Waals surface area (Å²) in [6, 6.07) is 3.13. The van der Waals surface area contributed by atoms with Gasteiger partial charge in [-0.3, -0.25) is 4.79 Å². The minimum absolute atomic E-state index is 0.0289. The standard InChI is InChI=1S/C27H29FN6O3/c1-16-14-32-15-17(11-20(28)23(32)30-16)22-29-13-19-21(31-22)6-9-33(24(19)35)18-5-10-34(27(12-18)7-8-27)25(36)37-26(2,3)4/h6,9,11,13-15,18H,5,7-8,10,12H2,1-4H3/t18-/m1/s1. The number of pyridine rings is 2. The highest BCUT2D eigenvalue weighted by Gasteiger charge is 2.54. The van der Waals surface area contributed by atoms with Gasteiger partial charge in [0.15, 0.2) is 17.3 Å². The van der Waals surface area contributed by atoms with Crippen molar-refractivity contribution >= 4 is 22.6 Å². The number of piperidine rings is 1. The van der Waals surface area contributed by atoms with Gasteiger partial charge in [0.25, 0.3) is 5.56 Å². The minimum atomic E-state index is -0.548. The van der Waals surface area contributed by atoms with Gasteiger partial charge in [-0.1, -0.05) is 0 Å². The highest BCUT2D eigenvalue weighted by Crippen LogP contribution is 2.51. The fourth-order valence-corrected chi connectivity index (χ4v) is 5.40. The number of rotatable bonds is 2. The van der Waals surface area contributed by atoms with Gasteiger partial charge in [-0.05, 0) is 65.5 Å². The van der Waals surface area contributed by atoms with E-state index in [1.165, 1.54) is 12.3 Å². The number of amides is 1. The number of hydrogen-bond donors (Lipinski definition) is 0. The largest absolute Gasteiger partial charge is 0.444 e. The second-order valence-corrected chi connectivity index (χ2v) is 11.2. The molecule has 6 rings (SSSR count). The van der Waals surface area contributed by atoms with E-state index in [1.807, 2.05) is 25.7 Å². The van der Waals surface area contributed by atoms with Crippen LogP contribution in [0.3, 0.4) is 0 Å². The normalized spacial score (nSPS) is 19.1. The number of ether oxygens (including phenoxy) is 1. The lowest BCUT2D eigenvalue weighted by molar-refractivity contribution is 0.000497. The number of carbonyl (C=O) groups is 1. The summed E-state index contributed by atoms with van der Waals surface area (Å²) < 4.78 is 23.6. The molecule has 192 valence electrons. The summed E-state index contributed by atoms with van der Waals surface area (Å²) in [4.78, 5) is 41.2. The molecule has 1 spiro atoms. The van der Waals surface area contributed by atoms with Gasteiger partial charge in [-0.25, -0.2) is 24.1 Å². The van der Waals surface area contributed by atoms with Crippen molar-refractivity contribution in [1.29, 1.82) is 0 Å². The monoisotopic (exact) mass is 504 g/mol. The van der Waals surface area contributed by atoms with Crippen molar-refractivity contribution in [2.24, 2.45) is 0 Å². The molecule has 0 N–H and O–H groups in total. The van der Waals surface area contributed by atoms with Gasteiger partial charge in [-0.15, -0.1) is 0 Å². The van der Waals surface area contributed by atoms with Crippen LogP contribution < -0.4 is 5.56 Å². The molecule has 1 atom stereocenters. The van der Waals surface area contributed by atoms with Crippen LogP contribution in [-0.2, 0) is 4.74 Å². The lowest BCUT2D eigenvalue weighted by Crippen LogP contribution is -2.50. The molecule has 9 nitrogen and oxygen atoms in total. The fourth-order valence-electron chi connectivity index (χ4n) is 5.40. The molecule has 1 saturated heterocycles. The number of halogens is 1. The number of aromatic nitrogens is 5. The second kappa shape index (κ2) is 8.09. The number of fused-ring (bicyclic) bond motifs is 2. The summed E-state index contributed by atoms with van der Waals surface area (Å²) in [5.41, 5.74) is 1.00. The molecule has 5 heterocycles. The zero-order chi connectivity index (χ0) is 26.1. The van der Waals surface area contributed by atoms with Crippen molar-refractivity contribution in [2.45, 2.75) is 70.6 Å². The third-order valence-electron chi connectivity index (χ3n) is 7.27. The number of carbonyl (C=O) groups excluding carboxylic acids is 1. The summed E-state index contributed by atoms with van der Waals surface area (Å²) in [7, 11) is 0. The molecule has 0 bridgehead atoms. The van der Waals surface area contributed by atoms with E-state index in [0.717, 1.165) is 12.8 Å². The van der Waals surface area contributed by atoms with Crippen LogP contribution in [0.25, 0.3) is 27.9 Å². The van der Waals surface area contributed by atoms with Gasteiger partial charge in [-0.2, -0.15) is 0 Å². The summed E-state index contributed by atoms with van der Waals surface area (Å²) >= 11 is 0. The maximum Gasteiger partial charge on any atom is 0.410 e. The maximum absolute atomic E-state index is 14.6. The quantitative estimate of drug-likeness (QED) is 0.394. The molecule has 0 unspecified atom stereocenters. The SMILES string of the molecule is Cc1cn2cc(-c3ncc4c(=O)n([C@@H]5CCN(C(=O)OC(C)(C)C)C6(CC6)C5)ccc4n3)cc(F)c2n1. The van der Waals surface area contributed by atoms with Crippen molar-refractivity contribution in [2.75, 3.05) is 6.54 Å². The Hall–Kier alpha value is -3.82. The lowest BCUT2D eigenvalue weighted by atomic mass is 9.95. The molecule has 10 heteroatoms. The average molecular weight is 505 g/mol. The predicted octanol–water partition coefficient (Wildman–Crippen LogP) is 4.66. The van der Waals surface area contributed by atoms with Gasteiger partial charge >= 0.3 is 6.09 Å². The molecule has 0 aromatic carbocycles. The molecule has 37 heavy (non-hydrogen) atoms. The Morgan fingerprint density at radius 3 is 2.73 bits per heavy atom. The van der Waals surface area contributed by atoms with Crippen LogP contribution in [0.2, 0.25) is 0 Å². The Morgan fingerprint density at radius 2 is 2.00 bits per heavy atom. The average Bonchev–Trinajstić information content (AvgIpc) is 3.47. The van der Waals surface area contributed by atoms with Gasteiger partial charge < -0.3 is 18.6 Å². The third kappa shape index (κ3) is 4.14. The van der Waals surface area contributed by atoms with Crippen molar-refractivity contribution in [3.63, 3.8) is 0 Å². The molecule has 1 saturated carbocycles. The topological polar surface area (TPSA) is 94.6 Å². The number of likely N-dealkylation sites (tertiary alicyclic amines) is 1. The molecule has 2 fully saturated rings. The first-order valence-corrected chi connectivity index (χ1v) is 12.6. The molecule has 1 aliphatic carbocycles. The van der Waals surface area contributed by atoms with Crippen LogP contribution in [0.4, 0.5) is 9.18 Å². The summed E-state index contributed by atoms with van der Waals surface area (Å²) in [6.45, 7) is 7.95. The Balaban J connectivity index is 1.28. The van der Waals surface area contributed by atoms with E-state index < -0.39 is 11.4 Å². The maximum atomic E-state index is 14.6. The van der Waals surface area contributed by atoms with E-state index >= 15 is 0 Å². The molecular formula is C27H29FN6O3. The Kier molecular flexibility index (Phi) is 5.15. The summed E-state index contributed by atoms with van der Waals surface area (Å²) in [5.74, 6) is -0.129. The number of aryl methyl sites for hydroxylation is 1. The van der Waals surface area contributed by atoms with Crippen molar-refractivity contribution < 1.29 is 13.9 Å². The zero-order valence-electron chi connectivity index (χ0n) is 21.4. The fraction of sp³-hybridized carbons (Fsp3) is 0.444. The van der Waals surface area contributed by atoms with Gasteiger partial charge in [0.2, 0.25) is 0 Å². The van der Waals surface area contributed by atoms with Crippen LogP contribution >= 0.6 is 0 Å². The Labute approximate surface area is 212 Å². The number of hydrogen-bond acceptors (Lipinski definition) is 6. The molecule has 2 aliphatic rings. The van der Waals surface area contributed by atoms with E-state index in [2.05, 4.69) is 15.0 Å². The highest BCUT2D eigenvalue weighted by molar-refractivity contribution is 5.78. The first-order chi connectivity index (χ1) is 17.5. The second-order valence-electron chi connectivity index (χ2n) is 11.2. The third-order valence-corrected chi connectivity index (χ3v) is 7.27. The van der Waals surface area contributed by atoms with Crippen LogP contribution in [0.5, 0.6) is 0 Å². The van der Waals surface area contributed by atoms with E-state index in [9.17, 15) is 14.0 Å². The van der Waals surface area contributed by atoms with Crippen molar-refractivity contribution in [3.05, 3.63) is 58.8 Å². The Morgan fingerprint density at radius 1 is 1.22 bits per heavy atom. The van der Waals surface area contributed by atoms with Crippen LogP contribution in [0.15, 0.2) is 41.7 Å². The van der Waals surface area contributed by atoms with Crippen LogP contribution in [0.1, 0.15) is 58.2 Å². The number of imidazole rings is 1.